The van der Waals surface area contributed by atoms with Crippen LogP contribution >= 0.6 is 0 Å². The molecule has 0 aromatic heterocycles. The Bertz CT molecular complexity index is 2040. The number of aromatic hydroxyl groups is 1. The van der Waals surface area contributed by atoms with Gasteiger partial charge in [-0.15, -0.1) is 0 Å². The Hall–Kier alpha value is -2.90. The number of phenols is 1. The first-order chi connectivity index (χ1) is 31.4. The lowest BCUT2D eigenvalue weighted by Crippen LogP contribution is -2.68. The van der Waals surface area contributed by atoms with Crippen LogP contribution < -0.4 is 4.74 Å². The van der Waals surface area contributed by atoms with Gasteiger partial charge in [-0.05, 0) is 127 Å². The van der Waals surface area contributed by atoms with Gasteiger partial charge in [-0.2, -0.15) is 0 Å². The number of rotatable bonds is 10. The average Bonchev–Trinajstić information content (AvgIpc) is 3.27. The summed E-state index contributed by atoms with van der Waals surface area (Å²) in [5, 5.41) is 87.5. The van der Waals surface area contributed by atoms with Crippen molar-refractivity contribution in [1.29, 1.82) is 0 Å². The maximum absolute atomic E-state index is 15.4. The third-order valence-electron chi connectivity index (χ3n) is 18.9. The van der Waals surface area contributed by atoms with E-state index >= 15 is 4.79 Å². The number of fused-ring (bicyclic) bond motifs is 7. The van der Waals surface area contributed by atoms with Crippen molar-refractivity contribution in [1.82, 2.24) is 0 Å². The number of allylic oxidation sites excluding steroid dienone is 2. The average molecular weight is 945 g/mol. The standard InChI is InChI=1S/C51H76O16/c1-46(2)19-20-51(28(22-46)27-11-13-34-48(5)17-16-35(55)47(3,4)33(48)15-18-49(34,6)50(27,7)23-36(51)56)45(61)67-44-42(65-37(57)14-10-26-9-12-29(53)31(21-26)62-8)41(30(54)25-63-44)66-43-40(60)39(59)38(58)32(24-52)64-43/h9,11-12,21,28,30,32-36,38-44,52-56,58-60H,10,13-20,22-25H2,1-8H3/t28-,30+,32+,33-,34+,35-,36+,38+,39-,40+,41+,42-,43-,44-,48-,49+,50+,51+/m0/s1. The third-order valence-corrected chi connectivity index (χ3v) is 18.9. The summed E-state index contributed by atoms with van der Waals surface area (Å²) in [7, 11) is 1.40. The lowest BCUT2D eigenvalue weighted by Gasteiger charge is -2.71. The second-order valence-electron chi connectivity index (χ2n) is 23.3. The molecular formula is C51H76O16. The second-order valence-corrected chi connectivity index (χ2v) is 23.3. The predicted octanol–water partition coefficient (Wildman–Crippen LogP) is 3.82. The van der Waals surface area contributed by atoms with Gasteiger partial charge >= 0.3 is 11.9 Å². The molecule has 6 fully saturated rings. The molecule has 2 aliphatic heterocycles. The summed E-state index contributed by atoms with van der Waals surface area (Å²) in [5.74, 6) is -1.22. The van der Waals surface area contributed by atoms with E-state index in [0.717, 1.165) is 37.7 Å². The van der Waals surface area contributed by atoms with Gasteiger partial charge in [0.1, 0.15) is 42.0 Å². The van der Waals surface area contributed by atoms with E-state index in [9.17, 15) is 45.6 Å². The summed E-state index contributed by atoms with van der Waals surface area (Å²) < 4.78 is 35.3. The molecule has 67 heavy (non-hydrogen) atoms. The van der Waals surface area contributed by atoms with Crippen LogP contribution in [0, 0.1) is 50.2 Å². The molecule has 0 amide bonds. The summed E-state index contributed by atoms with van der Waals surface area (Å²) in [4.78, 5) is 29.2. The number of aryl methyl sites for hydroxylation is 1. The molecule has 7 aliphatic rings. The fourth-order valence-corrected chi connectivity index (χ4v) is 14.7. The molecule has 4 saturated carbocycles. The van der Waals surface area contributed by atoms with E-state index in [2.05, 4.69) is 54.5 Å². The number of methoxy groups -OCH3 is 1. The van der Waals surface area contributed by atoms with Gasteiger partial charge < -0.3 is 69.3 Å². The van der Waals surface area contributed by atoms with Gasteiger partial charge in [-0.1, -0.05) is 66.2 Å². The second kappa shape index (κ2) is 18.1. The number of carbonyl (C=O) groups is 2. The predicted molar refractivity (Wildman–Crippen MR) is 240 cm³/mol. The molecule has 0 unspecified atom stereocenters. The minimum absolute atomic E-state index is 0.0362. The van der Waals surface area contributed by atoms with E-state index in [-0.39, 0.29) is 58.0 Å². The monoisotopic (exact) mass is 945 g/mol. The smallest absolute Gasteiger partial charge is 0.317 e. The molecule has 8 rings (SSSR count). The number of aliphatic hydroxyl groups excluding tert-OH is 7. The molecule has 0 radical (unpaired) electrons. The van der Waals surface area contributed by atoms with Crippen LogP contribution in [0.25, 0.3) is 0 Å². The number of aliphatic hydroxyl groups is 7. The van der Waals surface area contributed by atoms with Crippen LogP contribution in [0.15, 0.2) is 29.8 Å². The van der Waals surface area contributed by atoms with Crippen LogP contribution in [0.4, 0.5) is 0 Å². The molecule has 5 aliphatic carbocycles. The lowest BCUT2D eigenvalue weighted by molar-refractivity contribution is -0.347. The van der Waals surface area contributed by atoms with Gasteiger partial charge in [0.25, 0.3) is 0 Å². The van der Waals surface area contributed by atoms with E-state index in [1.54, 1.807) is 12.1 Å². The van der Waals surface area contributed by atoms with Crippen molar-refractivity contribution >= 4 is 11.9 Å². The fraction of sp³-hybridized carbons (Fsp3) is 0.804. The van der Waals surface area contributed by atoms with Gasteiger partial charge in [0.05, 0.1) is 32.5 Å². The third kappa shape index (κ3) is 8.24. The minimum Gasteiger partial charge on any atom is -0.504 e. The molecular weight excluding hydrogens is 869 g/mol. The van der Waals surface area contributed by atoms with Crippen LogP contribution in [0.1, 0.15) is 118 Å². The van der Waals surface area contributed by atoms with E-state index in [0.29, 0.717) is 37.2 Å². The zero-order valence-electron chi connectivity index (χ0n) is 40.4. The molecule has 16 nitrogen and oxygen atoms in total. The van der Waals surface area contributed by atoms with Crippen molar-refractivity contribution in [2.24, 2.45) is 50.2 Å². The molecule has 1 aromatic carbocycles. The summed E-state index contributed by atoms with van der Waals surface area (Å²) in [6.45, 7) is 14.7. The van der Waals surface area contributed by atoms with Gasteiger partial charge in [-0.25, -0.2) is 0 Å². The fourth-order valence-electron chi connectivity index (χ4n) is 14.7. The summed E-state index contributed by atoms with van der Waals surface area (Å²) in [5.41, 5.74) is -0.770. The van der Waals surface area contributed by atoms with Crippen LogP contribution in [-0.4, -0.2) is 141 Å². The Labute approximate surface area is 393 Å². The van der Waals surface area contributed by atoms with Crippen molar-refractivity contribution in [2.45, 2.75) is 187 Å². The zero-order chi connectivity index (χ0) is 48.8. The van der Waals surface area contributed by atoms with Crippen LogP contribution in [0.5, 0.6) is 11.5 Å². The Morgan fingerprint density at radius 1 is 0.806 bits per heavy atom. The van der Waals surface area contributed by atoms with E-state index in [1.807, 2.05) is 0 Å². The maximum Gasteiger partial charge on any atom is 0.317 e. The molecule has 1 aromatic rings. The number of phenolic OH excluding ortho intramolecular Hbond substituents is 1. The maximum atomic E-state index is 15.4. The van der Waals surface area contributed by atoms with Crippen molar-refractivity contribution in [3.8, 4) is 11.5 Å². The molecule has 18 atom stereocenters. The zero-order valence-corrected chi connectivity index (χ0v) is 40.4. The first kappa shape index (κ1) is 50.5. The number of benzene rings is 1. The number of hydrogen-bond acceptors (Lipinski definition) is 16. The molecule has 2 heterocycles. The molecule has 2 saturated heterocycles. The summed E-state index contributed by atoms with van der Waals surface area (Å²) in [6, 6.07) is 4.62. The van der Waals surface area contributed by atoms with Crippen molar-refractivity contribution in [3.05, 3.63) is 35.4 Å². The van der Waals surface area contributed by atoms with Gasteiger partial charge in [0.2, 0.25) is 6.29 Å². The topological polar surface area (TPSA) is 251 Å². The highest BCUT2D eigenvalue weighted by Gasteiger charge is 2.72. The molecule has 16 heteroatoms. The normalized spacial score (nSPS) is 45.5. The SMILES string of the molecule is COc1cc(CCC(=O)O[C@@H]2[C@H](OC(=O)[C@]34CCC(C)(C)C[C@H]3C3=CC[C@@H]5[C@@]6(C)CC[C@H](O)C(C)(C)[C@@H]6CC[C@@]5(C)[C@]3(C)C[C@H]4O)OC[C@@H](O)[C@H]2O[C@@H]2O[C@H](CO)[C@@H](O)[C@H](O)[C@H]2O)ccc1O. The molecule has 8 N–H and O–H groups in total. The lowest BCUT2D eigenvalue weighted by atomic mass is 9.33. The Morgan fingerprint density at radius 3 is 2.24 bits per heavy atom. The summed E-state index contributed by atoms with van der Waals surface area (Å²) in [6.07, 6.45) is -8.01. The van der Waals surface area contributed by atoms with Crippen LogP contribution in [-0.2, 0) is 39.7 Å². The van der Waals surface area contributed by atoms with Crippen molar-refractivity contribution in [3.63, 3.8) is 0 Å². The van der Waals surface area contributed by atoms with E-state index < -0.39 is 103 Å². The number of carbonyl (C=O) groups excluding carboxylic acids is 2. The van der Waals surface area contributed by atoms with Gasteiger partial charge in [0.15, 0.2) is 23.9 Å². The highest BCUT2D eigenvalue weighted by Crippen LogP contribution is 2.76. The highest BCUT2D eigenvalue weighted by molar-refractivity contribution is 5.80. The molecule has 0 bridgehead atoms. The number of esters is 2. The van der Waals surface area contributed by atoms with Gasteiger partial charge in [-0.3, -0.25) is 9.59 Å². The molecule has 0 spiro atoms. The van der Waals surface area contributed by atoms with Crippen molar-refractivity contribution in [2.75, 3.05) is 20.3 Å². The Morgan fingerprint density at radius 2 is 1.54 bits per heavy atom. The largest absolute Gasteiger partial charge is 0.504 e. The Kier molecular flexibility index (Phi) is 13.6. The highest BCUT2D eigenvalue weighted by atomic mass is 16.8. The van der Waals surface area contributed by atoms with E-state index in [4.69, 9.17) is 28.4 Å². The first-order valence-electron chi connectivity index (χ1n) is 24.5. The minimum atomic E-state index is -1.87. The van der Waals surface area contributed by atoms with E-state index in [1.165, 1.54) is 13.2 Å². The van der Waals surface area contributed by atoms with Crippen LogP contribution in [0.3, 0.4) is 0 Å². The Balaban J connectivity index is 1.11. The number of hydrogen-bond donors (Lipinski definition) is 8. The molecule has 376 valence electrons. The first-order valence-corrected chi connectivity index (χ1v) is 24.5. The van der Waals surface area contributed by atoms with Crippen molar-refractivity contribution < 1.29 is 78.9 Å². The summed E-state index contributed by atoms with van der Waals surface area (Å²) >= 11 is 0. The van der Waals surface area contributed by atoms with Crippen LogP contribution in [0.2, 0.25) is 0 Å². The van der Waals surface area contributed by atoms with Gasteiger partial charge in [0, 0.05) is 6.42 Å². The quantitative estimate of drug-likeness (QED) is 0.123. The number of ether oxygens (including phenoxy) is 6.